The smallest absolute Gasteiger partial charge is 0.253 e. The van der Waals surface area contributed by atoms with Crippen molar-refractivity contribution < 1.29 is 15.0 Å². The van der Waals surface area contributed by atoms with Gasteiger partial charge in [-0.1, -0.05) is 0 Å². The first-order valence-electron chi connectivity index (χ1n) is 8.41. The number of pyridine rings is 1. The number of likely N-dealkylation sites (tertiary alicyclic amines) is 2. The van der Waals surface area contributed by atoms with Crippen LogP contribution in [-0.2, 0) is 0 Å². The van der Waals surface area contributed by atoms with Gasteiger partial charge in [0, 0.05) is 56.2 Å². The van der Waals surface area contributed by atoms with Gasteiger partial charge < -0.3 is 15.1 Å². The van der Waals surface area contributed by atoms with E-state index >= 15 is 0 Å². The second kappa shape index (κ2) is 7.38. The number of hydrogen-bond acceptors (Lipinski definition) is 5. The molecule has 23 heavy (non-hydrogen) atoms. The number of rotatable bonds is 3. The number of carbonyl (C=O) groups is 1. The zero-order chi connectivity index (χ0) is 16.2. The summed E-state index contributed by atoms with van der Waals surface area (Å²) in [6, 6.07) is 3.93. The van der Waals surface area contributed by atoms with Crippen molar-refractivity contribution in [3.63, 3.8) is 0 Å². The van der Waals surface area contributed by atoms with Gasteiger partial charge >= 0.3 is 0 Å². The van der Waals surface area contributed by atoms with E-state index in [2.05, 4.69) is 9.88 Å². The van der Waals surface area contributed by atoms with Crippen molar-refractivity contribution in [1.82, 2.24) is 14.8 Å². The van der Waals surface area contributed by atoms with Crippen molar-refractivity contribution in [2.45, 2.75) is 31.4 Å². The third-order valence-corrected chi connectivity index (χ3v) is 5.18. The maximum atomic E-state index is 12.4. The molecule has 2 atom stereocenters. The molecule has 2 N–H and O–H groups in total. The largest absolute Gasteiger partial charge is 0.396 e. The summed E-state index contributed by atoms with van der Waals surface area (Å²) in [6.45, 7) is 3.12. The lowest BCUT2D eigenvalue weighted by Crippen LogP contribution is -2.53. The summed E-state index contributed by atoms with van der Waals surface area (Å²) >= 11 is 0. The minimum absolute atomic E-state index is 0.0135. The fraction of sp³-hybridized carbons (Fsp3) is 0.647. The Morgan fingerprint density at radius 3 is 2.48 bits per heavy atom. The second-order valence-electron chi connectivity index (χ2n) is 6.55. The van der Waals surface area contributed by atoms with Crippen LogP contribution in [0.3, 0.4) is 0 Å². The summed E-state index contributed by atoms with van der Waals surface area (Å²) < 4.78 is 0. The van der Waals surface area contributed by atoms with Crippen LogP contribution in [0.5, 0.6) is 0 Å². The molecule has 3 heterocycles. The van der Waals surface area contributed by atoms with Crippen LogP contribution >= 0.6 is 0 Å². The highest BCUT2D eigenvalue weighted by molar-refractivity contribution is 5.94. The molecule has 0 saturated carbocycles. The van der Waals surface area contributed by atoms with Gasteiger partial charge in [-0.2, -0.15) is 0 Å². The zero-order valence-corrected chi connectivity index (χ0v) is 13.3. The van der Waals surface area contributed by atoms with E-state index < -0.39 is 6.10 Å². The van der Waals surface area contributed by atoms with E-state index in [-0.39, 0.29) is 18.4 Å². The third-order valence-electron chi connectivity index (χ3n) is 5.18. The Kier molecular flexibility index (Phi) is 5.25. The van der Waals surface area contributed by atoms with E-state index in [0.717, 1.165) is 38.9 Å². The van der Waals surface area contributed by atoms with Crippen molar-refractivity contribution in [1.29, 1.82) is 0 Å². The summed E-state index contributed by atoms with van der Waals surface area (Å²) in [4.78, 5) is 20.6. The molecule has 126 valence electrons. The average Bonchev–Trinajstić information content (AvgIpc) is 2.62. The summed E-state index contributed by atoms with van der Waals surface area (Å²) in [7, 11) is 0. The fourth-order valence-corrected chi connectivity index (χ4v) is 3.66. The molecule has 0 bridgehead atoms. The predicted molar refractivity (Wildman–Crippen MR) is 85.9 cm³/mol. The number of hydrogen-bond donors (Lipinski definition) is 2. The van der Waals surface area contributed by atoms with Crippen molar-refractivity contribution >= 4 is 5.91 Å². The van der Waals surface area contributed by atoms with Crippen LogP contribution in [0.2, 0.25) is 0 Å². The van der Waals surface area contributed by atoms with Crippen LogP contribution in [0, 0.1) is 5.92 Å². The number of β-amino-alcohol motifs (C(OH)–C–C–N with tert-alkyl or cyclic N) is 1. The highest BCUT2D eigenvalue weighted by atomic mass is 16.3. The Labute approximate surface area is 136 Å². The molecule has 0 radical (unpaired) electrons. The Balaban J connectivity index is 1.52. The molecule has 0 spiro atoms. The average molecular weight is 319 g/mol. The minimum atomic E-state index is -0.440. The molecule has 1 amide bonds. The SMILES string of the molecule is O=C(c1ccncc1)N1CCC(N2CC[C@H](CO)[C@H](O)C2)CC1. The Morgan fingerprint density at radius 1 is 1.17 bits per heavy atom. The van der Waals surface area contributed by atoms with Crippen LogP contribution in [0.25, 0.3) is 0 Å². The Morgan fingerprint density at radius 2 is 1.87 bits per heavy atom. The molecule has 1 aromatic heterocycles. The van der Waals surface area contributed by atoms with Crippen molar-refractivity contribution in [3.05, 3.63) is 30.1 Å². The number of nitrogens with zero attached hydrogens (tertiary/aromatic N) is 3. The molecule has 0 unspecified atom stereocenters. The van der Waals surface area contributed by atoms with Crippen molar-refractivity contribution in [2.75, 3.05) is 32.8 Å². The number of aromatic nitrogens is 1. The molecule has 6 nitrogen and oxygen atoms in total. The summed E-state index contributed by atoms with van der Waals surface area (Å²) in [5.74, 6) is 0.0875. The monoisotopic (exact) mass is 319 g/mol. The van der Waals surface area contributed by atoms with Gasteiger partial charge in [0.2, 0.25) is 0 Å². The molecule has 2 aliphatic rings. The molecule has 0 aromatic carbocycles. The van der Waals surface area contributed by atoms with Gasteiger partial charge in [0.15, 0.2) is 0 Å². The van der Waals surface area contributed by atoms with E-state index in [9.17, 15) is 15.0 Å². The highest BCUT2D eigenvalue weighted by Crippen LogP contribution is 2.24. The van der Waals surface area contributed by atoms with Crippen molar-refractivity contribution in [2.24, 2.45) is 5.92 Å². The molecule has 2 aliphatic heterocycles. The number of carbonyl (C=O) groups excluding carboxylic acids is 1. The van der Waals surface area contributed by atoms with Crippen LogP contribution in [0.4, 0.5) is 0 Å². The van der Waals surface area contributed by atoms with Crippen LogP contribution < -0.4 is 0 Å². The lowest BCUT2D eigenvalue weighted by molar-refractivity contribution is -0.0254. The molecule has 2 saturated heterocycles. The number of aliphatic hydroxyl groups excluding tert-OH is 2. The predicted octanol–water partition coefficient (Wildman–Crippen LogP) is 0.361. The molecular weight excluding hydrogens is 294 g/mol. The quantitative estimate of drug-likeness (QED) is 0.841. The molecular formula is C17H25N3O3. The highest BCUT2D eigenvalue weighted by Gasteiger charge is 2.33. The van der Waals surface area contributed by atoms with Gasteiger partial charge in [0.05, 0.1) is 6.10 Å². The first-order chi connectivity index (χ1) is 11.2. The molecule has 6 heteroatoms. The van der Waals surface area contributed by atoms with Gasteiger partial charge in [0.25, 0.3) is 5.91 Å². The molecule has 1 aromatic rings. The van der Waals surface area contributed by atoms with Crippen LogP contribution in [0.15, 0.2) is 24.5 Å². The van der Waals surface area contributed by atoms with Gasteiger partial charge in [0.1, 0.15) is 0 Å². The number of piperidine rings is 2. The number of aliphatic hydroxyl groups is 2. The Hall–Kier alpha value is -1.50. The van der Waals surface area contributed by atoms with Gasteiger partial charge in [-0.25, -0.2) is 0 Å². The summed E-state index contributed by atoms with van der Waals surface area (Å²) in [5.41, 5.74) is 0.692. The molecule has 2 fully saturated rings. The van der Waals surface area contributed by atoms with Crippen LogP contribution in [-0.4, -0.2) is 75.8 Å². The lowest BCUT2D eigenvalue weighted by atomic mass is 9.92. The standard InChI is InChI=1S/C17H25N3O3/c21-12-14-3-8-20(11-16(14)22)15-4-9-19(10-5-15)17(23)13-1-6-18-7-2-13/h1-2,6-7,14-16,21-22H,3-5,8-12H2/t14-,16-/m1/s1. The summed E-state index contributed by atoms with van der Waals surface area (Å²) in [5, 5.41) is 19.3. The van der Waals surface area contributed by atoms with E-state index in [1.165, 1.54) is 0 Å². The maximum Gasteiger partial charge on any atom is 0.253 e. The van der Waals surface area contributed by atoms with Crippen molar-refractivity contribution in [3.8, 4) is 0 Å². The Bertz CT molecular complexity index is 517. The number of amides is 1. The van der Waals surface area contributed by atoms with Crippen LogP contribution in [0.1, 0.15) is 29.6 Å². The van der Waals surface area contributed by atoms with Gasteiger partial charge in [-0.3, -0.25) is 14.7 Å². The van der Waals surface area contributed by atoms with Gasteiger partial charge in [-0.05, 0) is 37.9 Å². The molecule has 3 rings (SSSR count). The van der Waals surface area contributed by atoms with E-state index in [4.69, 9.17) is 0 Å². The fourth-order valence-electron chi connectivity index (χ4n) is 3.66. The first kappa shape index (κ1) is 16.4. The first-order valence-corrected chi connectivity index (χ1v) is 8.41. The second-order valence-corrected chi connectivity index (χ2v) is 6.55. The third kappa shape index (κ3) is 3.71. The molecule has 0 aliphatic carbocycles. The lowest BCUT2D eigenvalue weighted by Gasteiger charge is -2.43. The topological polar surface area (TPSA) is 76.9 Å². The zero-order valence-electron chi connectivity index (χ0n) is 13.3. The van der Waals surface area contributed by atoms with E-state index in [0.29, 0.717) is 18.2 Å². The summed E-state index contributed by atoms with van der Waals surface area (Å²) in [6.07, 6.45) is 5.57. The van der Waals surface area contributed by atoms with E-state index in [1.54, 1.807) is 24.5 Å². The van der Waals surface area contributed by atoms with E-state index in [1.807, 2.05) is 4.90 Å². The maximum absolute atomic E-state index is 12.4. The van der Waals surface area contributed by atoms with Gasteiger partial charge in [-0.15, -0.1) is 0 Å². The minimum Gasteiger partial charge on any atom is -0.396 e. The normalized spacial score (nSPS) is 27.1.